The smallest absolute Gasteiger partial charge is 0.267 e. The van der Waals surface area contributed by atoms with Gasteiger partial charge in [0.2, 0.25) is 5.91 Å². The third-order valence-corrected chi connectivity index (χ3v) is 4.07. The molecule has 1 aromatic heterocycles. The van der Waals surface area contributed by atoms with E-state index in [4.69, 9.17) is 0 Å². The number of carbonyl (C=O) groups excluding carboxylic acids is 1. The molecule has 1 amide bonds. The predicted molar refractivity (Wildman–Crippen MR) is 98.2 cm³/mol. The van der Waals surface area contributed by atoms with Crippen molar-refractivity contribution in [2.45, 2.75) is 19.4 Å². The van der Waals surface area contributed by atoms with Gasteiger partial charge >= 0.3 is 0 Å². The van der Waals surface area contributed by atoms with Gasteiger partial charge in [0, 0.05) is 17.7 Å². The zero-order valence-electron chi connectivity index (χ0n) is 14.5. The molecular weight excluding hydrogens is 352 g/mol. The molecule has 5 nitrogen and oxygen atoms in total. The summed E-state index contributed by atoms with van der Waals surface area (Å²) in [5.74, 6) is -2.25. The molecule has 0 aliphatic heterocycles. The van der Waals surface area contributed by atoms with E-state index in [9.17, 15) is 18.4 Å². The van der Waals surface area contributed by atoms with E-state index in [0.29, 0.717) is 11.8 Å². The number of amides is 1. The highest BCUT2D eigenvalue weighted by Crippen LogP contribution is 2.19. The average Bonchev–Trinajstić information content (AvgIpc) is 2.67. The van der Waals surface area contributed by atoms with Crippen LogP contribution < -0.4 is 10.9 Å². The molecule has 138 valence electrons. The van der Waals surface area contributed by atoms with E-state index in [1.54, 1.807) is 13.0 Å². The molecule has 1 N–H and O–H groups in total. The second-order valence-electron chi connectivity index (χ2n) is 5.90. The Hall–Kier alpha value is -3.35. The summed E-state index contributed by atoms with van der Waals surface area (Å²) in [5.41, 5.74) is 0.726. The van der Waals surface area contributed by atoms with Crippen LogP contribution in [0, 0.1) is 11.6 Å². The van der Waals surface area contributed by atoms with Crippen LogP contribution in [0.4, 0.5) is 14.5 Å². The lowest BCUT2D eigenvalue weighted by Gasteiger charge is -2.17. The summed E-state index contributed by atoms with van der Waals surface area (Å²) >= 11 is 0. The Bertz CT molecular complexity index is 1020. The average molecular weight is 369 g/mol. The third kappa shape index (κ3) is 4.08. The van der Waals surface area contributed by atoms with Gasteiger partial charge in [-0.1, -0.05) is 37.3 Å². The highest BCUT2D eigenvalue weighted by molar-refractivity contribution is 5.93. The van der Waals surface area contributed by atoms with Crippen LogP contribution in [-0.4, -0.2) is 15.7 Å². The van der Waals surface area contributed by atoms with Crippen molar-refractivity contribution in [1.82, 2.24) is 9.78 Å². The molecule has 0 aliphatic carbocycles. The van der Waals surface area contributed by atoms with E-state index in [2.05, 4.69) is 10.4 Å². The van der Waals surface area contributed by atoms with Crippen LogP contribution in [0.2, 0.25) is 0 Å². The summed E-state index contributed by atoms with van der Waals surface area (Å²) in [5, 5.41) is 6.70. The van der Waals surface area contributed by atoms with E-state index >= 15 is 0 Å². The Balaban J connectivity index is 1.92. The van der Waals surface area contributed by atoms with Crippen LogP contribution in [-0.2, 0) is 4.79 Å². The summed E-state index contributed by atoms with van der Waals surface area (Å²) in [6, 6.07) is 14.1. The first-order valence-electron chi connectivity index (χ1n) is 8.41. The number of hydrogen-bond donors (Lipinski definition) is 1. The van der Waals surface area contributed by atoms with E-state index in [0.717, 1.165) is 22.4 Å². The standard InChI is InChI=1S/C20H17F2N3O2/c1-2-18(20(27)23-17-9-8-14(21)12-15(17)22)25-19(26)11-10-16(24-25)13-6-4-3-5-7-13/h3-12,18H,2H2,1H3,(H,23,27)/t18-/m0/s1. The fraction of sp³-hybridized carbons (Fsp3) is 0.150. The molecule has 0 fully saturated rings. The van der Waals surface area contributed by atoms with Crippen molar-refractivity contribution in [2.24, 2.45) is 0 Å². The van der Waals surface area contributed by atoms with E-state index in [-0.39, 0.29) is 12.1 Å². The molecule has 0 aliphatic rings. The first-order chi connectivity index (χ1) is 13.0. The maximum atomic E-state index is 13.8. The normalized spacial score (nSPS) is 11.8. The van der Waals surface area contributed by atoms with Crippen LogP contribution in [0.1, 0.15) is 19.4 Å². The van der Waals surface area contributed by atoms with Gasteiger partial charge in [-0.25, -0.2) is 13.5 Å². The van der Waals surface area contributed by atoms with Crippen molar-refractivity contribution in [3.63, 3.8) is 0 Å². The minimum absolute atomic E-state index is 0.160. The second-order valence-corrected chi connectivity index (χ2v) is 5.90. The topological polar surface area (TPSA) is 64.0 Å². The monoisotopic (exact) mass is 369 g/mol. The van der Waals surface area contributed by atoms with Crippen molar-refractivity contribution in [3.8, 4) is 11.3 Å². The van der Waals surface area contributed by atoms with E-state index in [1.807, 2.05) is 30.3 Å². The molecule has 3 rings (SSSR count). The zero-order valence-corrected chi connectivity index (χ0v) is 14.5. The van der Waals surface area contributed by atoms with Crippen LogP contribution in [0.3, 0.4) is 0 Å². The Morgan fingerprint density at radius 1 is 1.11 bits per heavy atom. The van der Waals surface area contributed by atoms with Gasteiger partial charge in [-0.2, -0.15) is 5.10 Å². The molecular formula is C20H17F2N3O2. The first kappa shape index (κ1) is 18.4. The van der Waals surface area contributed by atoms with Crippen molar-refractivity contribution >= 4 is 11.6 Å². The van der Waals surface area contributed by atoms with Crippen LogP contribution in [0.5, 0.6) is 0 Å². The number of benzene rings is 2. The van der Waals surface area contributed by atoms with E-state index in [1.165, 1.54) is 6.07 Å². The Morgan fingerprint density at radius 2 is 1.85 bits per heavy atom. The lowest BCUT2D eigenvalue weighted by Crippen LogP contribution is -2.34. The number of anilines is 1. The summed E-state index contributed by atoms with van der Waals surface area (Å²) in [6.07, 6.45) is 0.264. The summed E-state index contributed by atoms with van der Waals surface area (Å²) < 4.78 is 27.9. The van der Waals surface area contributed by atoms with Gasteiger partial charge in [0.05, 0.1) is 11.4 Å². The molecule has 1 atom stereocenters. The van der Waals surface area contributed by atoms with Gasteiger partial charge in [0.1, 0.15) is 17.7 Å². The molecule has 0 radical (unpaired) electrons. The van der Waals surface area contributed by atoms with Crippen LogP contribution in [0.15, 0.2) is 65.5 Å². The maximum absolute atomic E-state index is 13.8. The summed E-state index contributed by atoms with van der Waals surface area (Å²) in [6.45, 7) is 1.72. The Morgan fingerprint density at radius 3 is 2.52 bits per heavy atom. The quantitative estimate of drug-likeness (QED) is 0.744. The minimum Gasteiger partial charge on any atom is -0.322 e. The number of nitrogens with one attached hydrogen (secondary N) is 1. The van der Waals surface area contributed by atoms with Gasteiger partial charge in [-0.05, 0) is 24.6 Å². The van der Waals surface area contributed by atoms with Crippen LogP contribution in [0.25, 0.3) is 11.3 Å². The second kappa shape index (κ2) is 7.90. The fourth-order valence-electron chi connectivity index (χ4n) is 2.69. The number of hydrogen-bond acceptors (Lipinski definition) is 3. The number of carbonyl (C=O) groups is 1. The highest BCUT2D eigenvalue weighted by Gasteiger charge is 2.22. The molecule has 0 spiro atoms. The van der Waals surface area contributed by atoms with Gasteiger partial charge in [0.15, 0.2) is 0 Å². The van der Waals surface area contributed by atoms with Gasteiger partial charge in [-0.15, -0.1) is 0 Å². The molecule has 2 aromatic carbocycles. The number of rotatable bonds is 5. The predicted octanol–water partition coefficient (Wildman–Crippen LogP) is 3.78. The first-order valence-corrected chi connectivity index (χ1v) is 8.41. The molecule has 0 saturated carbocycles. The van der Waals surface area contributed by atoms with Crippen molar-refractivity contribution in [1.29, 1.82) is 0 Å². The van der Waals surface area contributed by atoms with Crippen molar-refractivity contribution in [3.05, 3.63) is 82.7 Å². The fourth-order valence-corrected chi connectivity index (χ4v) is 2.69. The Kier molecular flexibility index (Phi) is 5.40. The molecule has 0 bridgehead atoms. The van der Waals surface area contributed by atoms with Gasteiger partial charge in [0.25, 0.3) is 5.56 Å². The molecule has 1 heterocycles. The largest absolute Gasteiger partial charge is 0.322 e. The zero-order chi connectivity index (χ0) is 19.4. The minimum atomic E-state index is -0.939. The van der Waals surface area contributed by atoms with Gasteiger partial charge in [-0.3, -0.25) is 9.59 Å². The number of aromatic nitrogens is 2. The molecule has 0 unspecified atom stereocenters. The summed E-state index contributed by atoms with van der Waals surface area (Å²) in [7, 11) is 0. The van der Waals surface area contributed by atoms with Crippen molar-refractivity contribution < 1.29 is 13.6 Å². The SMILES string of the molecule is CC[C@@H](C(=O)Nc1ccc(F)cc1F)n1nc(-c2ccccc2)ccc1=O. The molecule has 7 heteroatoms. The lowest BCUT2D eigenvalue weighted by atomic mass is 10.1. The molecule has 0 saturated heterocycles. The maximum Gasteiger partial charge on any atom is 0.267 e. The highest BCUT2D eigenvalue weighted by atomic mass is 19.1. The molecule has 27 heavy (non-hydrogen) atoms. The lowest BCUT2D eigenvalue weighted by molar-refractivity contribution is -0.119. The number of nitrogens with zero attached hydrogens (tertiary/aromatic N) is 2. The Labute approximate surface area is 154 Å². The summed E-state index contributed by atoms with van der Waals surface area (Å²) in [4.78, 5) is 24.9. The van der Waals surface area contributed by atoms with Crippen LogP contribution >= 0.6 is 0 Å². The number of halogens is 2. The molecule has 3 aromatic rings. The van der Waals surface area contributed by atoms with Gasteiger partial charge < -0.3 is 5.32 Å². The van der Waals surface area contributed by atoms with E-state index < -0.39 is 29.1 Å². The third-order valence-electron chi connectivity index (χ3n) is 4.07. The van der Waals surface area contributed by atoms with Crippen molar-refractivity contribution in [2.75, 3.05) is 5.32 Å².